The first-order valence-corrected chi connectivity index (χ1v) is 4.06. The number of hydrogen-bond donors (Lipinski definition) is 0. The van der Waals surface area contributed by atoms with Gasteiger partial charge in [-0.2, -0.15) is 0 Å². The van der Waals surface area contributed by atoms with E-state index >= 15 is 0 Å². The molecule has 0 saturated heterocycles. The van der Waals surface area contributed by atoms with Crippen LogP contribution in [-0.4, -0.2) is 0 Å². The molecule has 0 nitrogen and oxygen atoms in total. The van der Waals surface area contributed by atoms with Crippen LogP contribution in [0.2, 0.25) is 0 Å². The van der Waals surface area contributed by atoms with Gasteiger partial charge in [-0.05, 0) is 55.2 Å². The number of unbranched alkanes of at least 4 members (excludes halogenated alkanes) is 1. The zero-order valence-corrected chi connectivity index (χ0v) is 7.12. The molecule has 1 aromatic rings. The molecule has 0 fully saturated rings. The fraction of sp³-hybridized carbons (Fsp3) is 0.455. The highest BCUT2D eigenvalue weighted by Gasteiger charge is 1.95. The summed E-state index contributed by atoms with van der Waals surface area (Å²) < 4.78 is 0. The van der Waals surface area contributed by atoms with Gasteiger partial charge in [0, 0.05) is 0 Å². The Labute approximate surface area is 69.3 Å². The molecule has 0 amide bonds. The Morgan fingerprint density at radius 3 is 2.55 bits per heavy atom. The van der Waals surface area contributed by atoms with E-state index in [1.807, 2.05) is 6.92 Å². The van der Waals surface area contributed by atoms with Crippen LogP contribution in [0.3, 0.4) is 0 Å². The Kier molecular flexibility index (Phi) is 3.15. The normalized spacial score (nSPS) is 10.0. The van der Waals surface area contributed by atoms with E-state index in [9.17, 15) is 0 Å². The van der Waals surface area contributed by atoms with Gasteiger partial charge in [0.1, 0.15) is 0 Å². The van der Waals surface area contributed by atoms with E-state index in [-0.39, 0.29) is 0 Å². The molecule has 0 bridgehead atoms. The Morgan fingerprint density at radius 1 is 1.18 bits per heavy atom. The molecule has 0 atom stereocenters. The smallest absolute Gasteiger partial charge is 0.000398 e. The lowest BCUT2D eigenvalue weighted by Crippen LogP contribution is -1.89. The van der Waals surface area contributed by atoms with E-state index < -0.39 is 0 Å². The molecule has 4 radical (unpaired) electrons. The molecule has 0 aliphatic carbocycles. The van der Waals surface area contributed by atoms with Gasteiger partial charge in [-0.15, -0.1) is 0 Å². The fourth-order valence-electron chi connectivity index (χ4n) is 1.00. The van der Waals surface area contributed by atoms with E-state index in [4.69, 9.17) is 0 Å². The summed E-state index contributed by atoms with van der Waals surface area (Å²) in [5, 5.41) is 0. The third kappa shape index (κ3) is 2.38. The standard InChI is InChI=1S/C11H12/c1-3-4-8-11-9-6-5-7-10(11)2/h3-4,8H2,1-2H3. The van der Waals surface area contributed by atoms with E-state index in [2.05, 4.69) is 31.2 Å². The summed E-state index contributed by atoms with van der Waals surface area (Å²) in [5.74, 6) is 0. The summed E-state index contributed by atoms with van der Waals surface area (Å²) >= 11 is 0. The first kappa shape index (κ1) is 8.32. The lowest BCUT2D eigenvalue weighted by molar-refractivity contribution is 0.790. The van der Waals surface area contributed by atoms with Crippen molar-refractivity contribution in [3.8, 4) is 0 Å². The van der Waals surface area contributed by atoms with Gasteiger partial charge in [0.2, 0.25) is 0 Å². The largest absolute Gasteiger partial charge is 0.0654 e. The summed E-state index contributed by atoms with van der Waals surface area (Å²) in [6.45, 7) is 4.24. The highest BCUT2D eigenvalue weighted by Crippen LogP contribution is 2.08. The second kappa shape index (κ2) is 4.17. The summed E-state index contributed by atoms with van der Waals surface area (Å²) in [4.78, 5) is 0. The molecule has 0 aromatic heterocycles. The maximum atomic E-state index is 3.06. The highest BCUT2D eigenvalue weighted by molar-refractivity contribution is 5.21. The molecule has 0 saturated carbocycles. The van der Waals surface area contributed by atoms with Gasteiger partial charge in [-0.25, -0.2) is 0 Å². The number of aryl methyl sites for hydroxylation is 2. The van der Waals surface area contributed by atoms with Crippen molar-refractivity contribution in [2.75, 3.05) is 0 Å². The molecule has 56 valence electrons. The van der Waals surface area contributed by atoms with Crippen molar-refractivity contribution >= 4 is 0 Å². The van der Waals surface area contributed by atoms with Crippen LogP contribution >= 0.6 is 0 Å². The van der Waals surface area contributed by atoms with Gasteiger partial charge < -0.3 is 0 Å². The van der Waals surface area contributed by atoms with Crippen LogP contribution < -0.4 is 0 Å². The van der Waals surface area contributed by atoms with Crippen molar-refractivity contribution in [3.05, 3.63) is 35.4 Å². The summed E-state index contributed by atoms with van der Waals surface area (Å²) in [7, 11) is 0. The third-order valence-corrected chi connectivity index (χ3v) is 1.76. The topological polar surface area (TPSA) is 0 Å². The molecule has 0 unspecified atom stereocenters. The van der Waals surface area contributed by atoms with E-state index in [1.165, 1.54) is 18.4 Å². The van der Waals surface area contributed by atoms with Crippen molar-refractivity contribution in [2.24, 2.45) is 0 Å². The predicted octanol–water partition coefficient (Wildman–Crippen LogP) is 2.54. The molecule has 0 aliphatic heterocycles. The van der Waals surface area contributed by atoms with Crippen LogP contribution in [0.5, 0.6) is 0 Å². The first-order valence-electron chi connectivity index (χ1n) is 4.06. The number of hydrogen-bond acceptors (Lipinski definition) is 0. The second-order valence-electron chi connectivity index (χ2n) is 2.71. The predicted molar refractivity (Wildman–Crippen MR) is 45.1 cm³/mol. The van der Waals surface area contributed by atoms with Gasteiger partial charge in [0.25, 0.3) is 0 Å². The van der Waals surface area contributed by atoms with Crippen LogP contribution in [0.1, 0.15) is 30.9 Å². The minimum absolute atomic E-state index is 1.10. The van der Waals surface area contributed by atoms with Gasteiger partial charge in [-0.1, -0.05) is 13.3 Å². The molecule has 0 N–H and O–H groups in total. The Bertz CT molecular complexity index is 213. The lowest BCUT2D eigenvalue weighted by atomic mass is 10.0. The van der Waals surface area contributed by atoms with Gasteiger partial charge in [-0.3, -0.25) is 0 Å². The molecule has 0 heteroatoms. The lowest BCUT2D eigenvalue weighted by Gasteiger charge is -2.01. The van der Waals surface area contributed by atoms with Gasteiger partial charge in [0.15, 0.2) is 0 Å². The molecule has 0 spiro atoms. The molecule has 1 aromatic carbocycles. The molecule has 0 heterocycles. The minimum atomic E-state index is 1.10. The van der Waals surface area contributed by atoms with Crippen LogP contribution in [-0.2, 0) is 6.42 Å². The maximum Gasteiger partial charge on any atom is -0.000398 e. The fourth-order valence-corrected chi connectivity index (χ4v) is 1.00. The second-order valence-corrected chi connectivity index (χ2v) is 2.71. The van der Waals surface area contributed by atoms with Crippen LogP contribution in [0.25, 0.3) is 0 Å². The molecule has 0 aliphatic rings. The molecule has 11 heavy (non-hydrogen) atoms. The Hall–Kier alpha value is -0.780. The van der Waals surface area contributed by atoms with Crippen molar-refractivity contribution in [1.82, 2.24) is 0 Å². The minimum Gasteiger partial charge on any atom is -0.0654 e. The SMILES string of the molecule is CCCCc1[c][c][c][c]c1C. The van der Waals surface area contributed by atoms with E-state index in [0.29, 0.717) is 0 Å². The Balaban J connectivity index is 2.62. The third-order valence-electron chi connectivity index (χ3n) is 1.76. The van der Waals surface area contributed by atoms with Crippen molar-refractivity contribution in [1.29, 1.82) is 0 Å². The summed E-state index contributed by atoms with van der Waals surface area (Å²) in [6, 6.07) is 11.6. The average molecular weight is 144 g/mol. The van der Waals surface area contributed by atoms with Crippen LogP contribution in [0.4, 0.5) is 0 Å². The quantitative estimate of drug-likeness (QED) is 0.611. The van der Waals surface area contributed by atoms with Crippen molar-refractivity contribution in [3.63, 3.8) is 0 Å². The summed E-state index contributed by atoms with van der Waals surface area (Å²) in [5.41, 5.74) is 2.41. The molecular formula is C11H12. The van der Waals surface area contributed by atoms with Crippen molar-refractivity contribution < 1.29 is 0 Å². The molecular weight excluding hydrogens is 132 g/mol. The Morgan fingerprint density at radius 2 is 1.91 bits per heavy atom. The van der Waals surface area contributed by atoms with E-state index in [0.717, 1.165) is 12.0 Å². The molecule has 1 rings (SSSR count). The highest BCUT2D eigenvalue weighted by atomic mass is 14.0. The first-order chi connectivity index (χ1) is 5.34. The van der Waals surface area contributed by atoms with Gasteiger partial charge in [0.05, 0.1) is 0 Å². The van der Waals surface area contributed by atoms with Crippen LogP contribution in [0.15, 0.2) is 0 Å². The van der Waals surface area contributed by atoms with Gasteiger partial charge >= 0.3 is 0 Å². The zero-order chi connectivity index (χ0) is 8.10. The monoisotopic (exact) mass is 144 g/mol. The summed E-state index contributed by atoms with van der Waals surface area (Å²) in [6.07, 6.45) is 3.55. The van der Waals surface area contributed by atoms with Crippen LogP contribution in [0, 0.1) is 31.2 Å². The number of rotatable bonds is 3. The van der Waals surface area contributed by atoms with Crippen molar-refractivity contribution in [2.45, 2.75) is 33.1 Å². The van der Waals surface area contributed by atoms with E-state index in [1.54, 1.807) is 0 Å². The average Bonchev–Trinajstić information content (AvgIpc) is 2.03. The maximum absolute atomic E-state index is 3.06. The zero-order valence-electron chi connectivity index (χ0n) is 7.12. The number of benzene rings is 1.